The highest BCUT2D eigenvalue weighted by Gasteiger charge is 2.34. The molecule has 28 heavy (non-hydrogen) atoms. The Morgan fingerprint density at radius 3 is 2.43 bits per heavy atom. The van der Waals surface area contributed by atoms with Crippen molar-refractivity contribution in [2.75, 3.05) is 5.32 Å². The van der Waals surface area contributed by atoms with E-state index < -0.39 is 11.7 Å². The number of rotatable bonds is 4. The molecule has 3 nitrogen and oxygen atoms in total. The predicted octanol–water partition coefficient (Wildman–Crippen LogP) is 6.63. The van der Waals surface area contributed by atoms with Gasteiger partial charge in [0.15, 0.2) is 0 Å². The third-order valence-corrected chi connectivity index (χ3v) is 4.95. The van der Waals surface area contributed by atoms with E-state index in [1.807, 2.05) is 41.8 Å². The van der Waals surface area contributed by atoms with E-state index >= 15 is 0 Å². The summed E-state index contributed by atoms with van der Waals surface area (Å²) in [6.07, 6.45) is -3.15. The van der Waals surface area contributed by atoms with Crippen molar-refractivity contribution in [3.05, 3.63) is 83.9 Å². The third kappa shape index (κ3) is 3.89. The van der Waals surface area contributed by atoms with Gasteiger partial charge < -0.3 is 5.32 Å². The Hall–Kier alpha value is -3.19. The van der Waals surface area contributed by atoms with Crippen molar-refractivity contribution in [2.45, 2.75) is 6.18 Å². The van der Waals surface area contributed by atoms with Crippen LogP contribution in [0.15, 0.2) is 78.3 Å². The monoisotopic (exact) mass is 397 g/mol. The maximum atomic E-state index is 13.2. The summed E-state index contributed by atoms with van der Waals surface area (Å²) in [6, 6.07) is 19.2. The Kier molecular flexibility index (Phi) is 4.83. The average Bonchev–Trinajstić information content (AvgIpc) is 3.19. The second kappa shape index (κ2) is 7.44. The zero-order chi connectivity index (χ0) is 19.6. The van der Waals surface area contributed by atoms with Crippen LogP contribution in [0.4, 0.5) is 24.7 Å². The molecule has 0 fully saturated rings. The SMILES string of the molecule is FC(F)(F)c1cccnc1Nc1cccc(-c2csc(-c3ccccc3)n2)c1. The summed E-state index contributed by atoms with van der Waals surface area (Å²) in [7, 11) is 0. The molecule has 0 aliphatic heterocycles. The van der Waals surface area contributed by atoms with E-state index in [1.54, 1.807) is 18.2 Å². The maximum absolute atomic E-state index is 13.2. The Morgan fingerprint density at radius 1 is 0.857 bits per heavy atom. The molecule has 2 heterocycles. The highest BCUT2D eigenvalue weighted by atomic mass is 32.1. The minimum atomic E-state index is -4.48. The van der Waals surface area contributed by atoms with Crippen LogP contribution in [-0.4, -0.2) is 9.97 Å². The minimum absolute atomic E-state index is 0.226. The first-order valence-corrected chi connectivity index (χ1v) is 9.29. The van der Waals surface area contributed by atoms with Crippen molar-refractivity contribution in [1.29, 1.82) is 0 Å². The van der Waals surface area contributed by atoms with Crippen LogP contribution in [0.2, 0.25) is 0 Å². The average molecular weight is 397 g/mol. The highest BCUT2D eigenvalue weighted by Crippen LogP contribution is 2.35. The molecule has 2 aromatic heterocycles. The summed E-state index contributed by atoms with van der Waals surface area (Å²) in [4.78, 5) is 8.49. The first-order valence-electron chi connectivity index (χ1n) is 8.41. The summed E-state index contributed by atoms with van der Waals surface area (Å²) in [5.41, 5.74) is 2.31. The Labute approximate surface area is 163 Å². The summed E-state index contributed by atoms with van der Waals surface area (Å²) in [5.74, 6) is -0.226. The van der Waals surface area contributed by atoms with Gasteiger partial charge in [-0.05, 0) is 24.3 Å². The number of aromatic nitrogens is 2. The highest BCUT2D eigenvalue weighted by molar-refractivity contribution is 7.13. The standard InChI is InChI=1S/C21H14F3N3S/c22-21(23,24)17-10-5-11-25-19(17)26-16-9-4-8-15(12-16)18-13-28-20(27-18)14-6-2-1-3-7-14/h1-13H,(H,25,26). The molecule has 0 unspecified atom stereocenters. The number of hydrogen-bond acceptors (Lipinski definition) is 4. The van der Waals surface area contributed by atoms with Crippen molar-refractivity contribution < 1.29 is 13.2 Å². The van der Waals surface area contributed by atoms with Gasteiger partial charge in [-0.3, -0.25) is 0 Å². The van der Waals surface area contributed by atoms with Crippen LogP contribution in [0.1, 0.15) is 5.56 Å². The Balaban J connectivity index is 1.63. The molecule has 0 radical (unpaired) electrons. The van der Waals surface area contributed by atoms with Crippen LogP contribution in [0.25, 0.3) is 21.8 Å². The Bertz CT molecular complexity index is 1090. The fourth-order valence-corrected chi connectivity index (χ4v) is 3.58. The first kappa shape index (κ1) is 18.2. The van der Waals surface area contributed by atoms with Crippen LogP contribution in [0.3, 0.4) is 0 Å². The molecule has 4 rings (SSSR count). The maximum Gasteiger partial charge on any atom is 0.419 e. The van der Waals surface area contributed by atoms with Crippen LogP contribution in [-0.2, 0) is 6.18 Å². The molecule has 0 spiro atoms. The van der Waals surface area contributed by atoms with Crippen LogP contribution in [0, 0.1) is 0 Å². The quantitative estimate of drug-likeness (QED) is 0.420. The van der Waals surface area contributed by atoms with Crippen molar-refractivity contribution in [1.82, 2.24) is 9.97 Å². The fourth-order valence-electron chi connectivity index (χ4n) is 2.75. The molecular formula is C21H14F3N3S. The zero-order valence-corrected chi connectivity index (χ0v) is 15.3. The lowest BCUT2D eigenvalue weighted by Crippen LogP contribution is -2.09. The molecule has 0 amide bonds. The summed E-state index contributed by atoms with van der Waals surface area (Å²) in [5, 5.41) is 5.59. The molecule has 0 atom stereocenters. The van der Waals surface area contributed by atoms with E-state index in [9.17, 15) is 13.2 Å². The van der Waals surface area contributed by atoms with E-state index in [1.165, 1.54) is 23.6 Å². The van der Waals surface area contributed by atoms with Gasteiger partial charge in [0.1, 0.15) is 10.8 Å². The fraction of sp³-hybridized carbons (Fsp3) is 0.0476. The molecule has 2 aromatic carbocycles. The molecule has 1 N–H and O–H groups in total. The first-order chi connectivity index (χ1) is 13.5. The van der Waals surface area contributed by atoms with Crippen molar-refractivity contribution in [3.63, 3.8) is 0 Å². The summed E-state index contributed by atoms with van der Waals surface area (Å²) < 4.78 is 39.5. The number of thiazole rings is 1. The van der Waals surface area contributed by atoms with Crippen LogP contribution in [0.5, 0.6) is 0 Å². The van der Waals surface area contributed by atoms with Crippen molar-refractivity contribution >= 4 is 22.8 Å². The topological polar surface area (TPSA) is 37.8 Å². The van der Waals surface area contributed by atoms with Gasteiger partial charge in [0, 0.05) is 28.4 Å². The van der Waals surface area contributed by atoms with Crippen LogP contribution < -0.4 is 5.32 Å². The smallest absolute Gasteiger partial charge is 0.340 e. The predicted molar refractivity (Wildman–Crippen MR) is 106 cm³/mol. The van der Waals surface area contributed by atoms with E-state index in [0.717, 1.165) is 27.9 Å². The van der Waals surface area contributed by atoms with E-state index in [-0.39, 0.29) is 5.82 Å². The molecule has 7 heteroatoms. The van der Waals surface area contributed by atoms with Crippen molar-refractivity contribution in [3.8, 4) is 21.8 Å². The lowest BCUT2D eigenvalue weighted by Gasteiger charge is -2.13. The third-order valence-electron chi connectivity index (χ3n) is 4.06. The van der Waals surface area contributed by atoms with Gasteiger partial charge in [0.25, 0.3) is 0 Å². The Morgan fingerprint density at radius 2 is 1.64 bits per heavy atom. The molecule has 0 saturated heterocycles. The molecule has 0 aliphatic carbocycles. The number of pyridine rings is 1. The second-order valence-corrected chi connectivity index (χ2v) is 6.87. The van der Waals surface area contributed by atoms with Crippen molar-refractivity contribution in [2.24, 2.45) is 0 Å². The van der Waals surface area contributed by atoms with Gasteiger partial charge in [-0.2, -0.15) is 13.2 Å². The summed E-state index contributed by atoms with van der Waals surface area (Å²) >= 11 is 1.52. The zero-order valence-electron chi connectivity index (χ0n) is 14.4. The lowest BCUT2D eigenvalue weighted by atomic mass is 10.1. The van der Waals surface area contributed by atoms with E-state index in [4.69, 9.17) is 0 Å². The van der Waals surface area contributed by atoms with Gasteiger partial charge in [0.05, 0.1) is 11.3 Å². The normalized spacial score (nSPS) is 11.4. The van der Waals surface area contributed by atoms with E-state index in [2.05, 4.69) is 15.3 Å². The second-order valence-electron chi connectivity index (χ2n) is 6.01. The molecule has 0 aliphatic rings. The number of halogens is 3. The number of nitrogens with zero attached hydrogens (tertiary/aromatic N) is 2. The molecule has 0 bridgehead atoms. The number of anilines is 2. The molecular weight excluding hydrogens is 383 g/mol. The number of hydrogen-bond donors (Lipinski definition) is 1. The number of alkyl halides is 3. The molecule has 4 aromatic rings. The largest absolute Gasteiger partial charge is 0.419 e. The molecule has 0 saturated carbocycles. The van der Waals surface area contributed by atoms with Gasteiger partial charge in [-0.15, -0.1) is 11.3 Å². The number of nitrogens with one attached hydrogen (secondary N) is 1. The van der Waals surface area contributed by atoms with Gasteiger partial charge in [-0.25, -0.2) is 9.97 Å². The lowest BCUT2D eigenvalue weighted by molar-refractivity contribution is -0.137. The van der Waals surface area contributed by atoms with Crippen LogP contribution >= 0.6 is 11.3 Å². The van der Waals surface area contributed by atoms with Gasteiger partial charge >= 0.3 is 6.18 Å². The molecule has 140 valence electrons. The minimum Gasteiger partial charge on any atom is -0.340 e. The van der Waals surface area contributed by atoms with E-state index in [0.29, 0.717) is 5.69 Å². The van der Waals surface area contributed by atoms with Gasteiger partial charge in [-0.1, -0.05) is 42.5 Å². The summed E-state index contributed by atoms with van der Waals surface area (Å²) in [6.45, 7) is 0. The van der Waals surface area contributed by atoms with Gasteiger partial charge in [0.2, 0.25) is 0 Å². The number of benzene rings is 2.